The molecule has 1 nitrogen and oxygen atoms in total. The van der Waals surface area contributed by atoms with Crippen LogP contribution in [-0.2, 0) is 4.74 Å². The first-order valence-electron chi connectivity index (χ1n) is 8.79. The van der Waals surface area contributed by atoms with Crippen LogP contribution in [0.4, 0.5) is 0 Å². The van der Waals surface area contributed by atoms with Gasteiger partial charge in [-0.25, -0.2) is 0 Å². The summed E-state index contributed by atoms with van der Waals surface area (Å²) in [6.45, 7) is 8.08. The van der Waals surface area contributed by atoms with Gasteiger partial charge < -0.3 is 4.74 Å². The lowest BCUT2D eigenvalue weighted by atomic mass is 9.74. The van der Waals surface area contributed by atoms with Crippen LogP contribution in [0, 0.1) is 23.2 Å². The monoisotopic (exact) mass is 298 g/mol. The quantitative estimate of drug-likeness (QED) is 0.674. The normalized spacial score (nSPS) is 34.4. The van der Waals surface area contributed by atoms with Gasteiger partial charge in [0.05, 0.1) is 12.7 Å². The van der Waals surface area contributed by atoms with E-state index in [0.717, 1.165) is 30.1 Å². The molecular formula is C18H34OS. The summed E-state index contributed by atoms with van der Waals surface area (Å²) in [6, 6.07) is 0. The Morgan fingerprint density at radius 1 is 1.15 bits per heavy atom. The van der Waals surface area contributed by atoms with Crippen LogP contribution >= 0.6 is 12.6 Å². The third-order valence-corrected chi connectivity index (χ3v) is 6.49. The van der Waals surface area contributed by atoms with Crippen LogP contribution in [0.3, 0.4) is 0 Å². The minimum absolute atomic E-state index is 0.379. The van der Waals surface area contributed by atoms with E-state index in [1.165, 1.54) is 51.4 Å². The molecule has 118 valence electrons. The van der Waals surface area contributed by atoms with Crippen LogP contribution in [0.5, 0.6) is 0 Å². The van der Waals surface area contributed by atoms with Gasteiger partial charge in [0.15, 0.2) is 0 Å². The predicted molar refractivity (Wildman–Crippen MR) is 90.5 cm³/mol. The van der Waals surface area contributed by atoms with E-state index in [2.05, 4.69) is 33.4 Å². The van der Waals surface area contributed by atoms with E-state index in [1.54, 1.807) is 0 Å². The molecule has 0 saturated heterocycles. The highest BCUT2D eigenvalue weighted by Crippen LogP contribution is 2.40. The summed E-state index contributed by atoms with van der Waals surface area (Å²) in [5.74, 6) is 3.37. The maximum atomic E-state index is 6.51. The lowest BCUT2D eigenvalue weighted by Crippen LogP contribution is -2.39. The van der Waals surface area contributed by atoms with Gasteiger partial charge in [-0.05, 0) is 49.2 Å². The Morgan fingerprint density at radius 2 is 1.85 bits per heavy atom. The molecule has 2 rings (SSSR count). The highest BCUT2D eigenvalue weighted by molar-refractivity contribution is 7.80. The van der Waals surface area contributed by atoms with E-state index in [0.29, 0.717) is 11.5 Å². The molecule has 3 atom stereocenters. The molecule has 20 heavy (non-hydrogen) atoms. The van der Waals surface area contributed by atoms with Crippen molar-refractivity contribution in [3.63, 3.8) is 0 Å². The first-order chi connectivity index (χ1) is 9.56. The van der Waals surface area contributed by atoms with Crippen LogP contribution in [0.1, 0.15) is 72.1 Å². The zero-order valence-electron chi connectivity index (χ0n) is 13.7. The van der Waals surface area contributed by atoms with Gasteiger partial charge in [-0.2, -0.15) is 12.6 Å². The van der Waals surface area contributed by atoms with E-state index in [-0.39, 0.29) is 0 Å². The number of rotatable bonds is 5. The summed E-state index contributed by atoms with van der Waals surface area (Å²) < 4.78 is 6.51. The molecular weight excluding hydrogens is 264 g/mol. The second-order valence-corrected chi connectivity index (χ2v) is 8.21. The van der Waals surface area contributed by atoms with Gasteiger partial charge in [0.2, 0.25) is 0 Å². The standard InChI is InChI=1S/C18H34OS/c1-14(2)16-8-7-15(3)11-17(16)19-12-18(13-20)9-5-4-6-10-18/h14-17,20H,4-13H2,1-3H3. The molecule has 2 aliphatic carbocycles. The van der Waals surface area contributed by atoms with Crippen LogP contribution < -0.4 is 0 Å². The van der Waals surface area contributed by atoms with E-state index in [4.69, 9.17) is 4.74 Å². The highest BCUT2D eigenvalue weighted by atomic mass is 32.1. The molecule has 0 spiro atoms. The van der Waals surface area contributed by atoms with Crippen molar-refractivity contribution in [3.05, 3.63) is 0 Å². The number of hydrogen-bond donors (Lipinski definition) is 1. The third-order valence-electron chi connectivity index (χ3n) is 5.81. The molecule has 0 aromatic heterocycles. The lowest BCUT2D eigenvalue weighted by Gasteiger charge is -2.41. The maximum Gasteiger partial charge on any atom is 0.0608 e. The Bertz CT molecular complexity index is 283. The Morgan fingerprint density at radius 3 is 2.45 bits per heavy atom. The average Bonchev–Trinajstić information content (AvgIpc) is 2.46. The zero-order valence-corrected chi connectivity index (χ0v) is 14.6. The molecule has 0 radical (unpaired) electrons. The smallest absolute Gasteiger partial charge is 0.0608 e. The predicted octanol–water partition coefficient (Wildman–Crippen LogP) is 5.34. The molecule has 2 heteroatoms. The first kappa shape index (κ1) is 16.7. The van der Waals surface area contributed by atoms with Crippen LogP contribution in [-0.4, -0.2) is 18.5 Å². The lowest BCUT2D eigenvalue weighted by molar-refractivity contribution is -0.0749. The average molecular weight is 299 g/mol. The molecule has 2 fully saturated rings. The topological polar surface area (TPSA) is 9.23 Å². The van der Waals surface area contributed by atoms with Crippen molar-refractivity contribution in [1.29, 1.82) is 0 Å². The molecule has 0 aromatic carbocycles. The summed E-state index contributed by atoms with van der Waals surface area (Å²) in [6.07, 6.45) is 11.3. The van der Waals surface area contributed by atoms with E-state index in [9.17, 15) is 0 Å². The Hall–Kier alpha value is 0.310. The van der Waals surface area contributed by atoms with E-state index < -0.39 is 0 Å². The Kier molecular flexibility index (Phi) is 6.28. The molecule has 0 amide bonds. The second kappa shape index (κ2) is 7.54. The Labute approximate surface area is 131 Å². The van der Waals surface area contributed by atoms with Gasteiger partial charge in [-0.1, -0.05) is 46.5 Å². The van der Waals surface area contributed by atoms with Crippen molar-refractivity contribution in [1.82, 2.24) is 0 Å². The summed E-state index contributed by atoms with van der Waals surface area (Å²) in [5, 5.41) is 0. The van der Waals surface area contributed by atoms with Gasteiger partial charge in [0, 0.05) is 5.41 Å². The summed E-state index contributed by atoms with van der Waals surface area (Å²) in [5.41, 5.74) is 0.379. The molecule has 0 aromatic rings. The minimum Gasteiger partial charge on any atom is -0.377 e. The maximum absolute atomic E-state index is 6.51. The number of hydrogen-bond acceptors (Lipinski definition) is 2. The van der Waals surface area contributed by atoms with Crippen LogP contribution in [0.2, 0.25) is 0 Å². The van der Waals surface area contributed by atoms with Gasteiger partial charge in [0.1, 0.15) is 0 Å². The SMILES string of the molecule is CC1CCC(C(C)C)C(OCC2(CS)CCCCC2)C1. The zero-order chi connectivity index (χ0) is 14.6. The second-order valence-electron chi connectivity index (χ2n) is 7.89. The van der Waals surface area contributed by atoms with Crippen molar-refractivity contribution >= 4 is 12.6 Å². The summed E-state index contributed by atoms with van der Waals surface area (Å²) in [4.78, 5) is 0. The van der Waals surface area contributed by atoms with Crippen molar-refractivity contribution in [2.24, 2.45) is 23.2 Å². The minimum atomic E-state index is 0.379. The van der Waals surface area contributed by atoms with Crippen molar-refractivity contribution in [2.75, 3.05) is 12.4 Å². The first-order valence-corrected chi connectivity index (χ1v) is 9.42. The fourth-order valence-corrected chi connectivity index (χ4v) is 4.65. The van der Waals surface area contributed by atoms with Gasteiger partial charge >= 0.3 is 0 Å². The Balaban J connectivity index is 1.92. The van der Waals surface area contributed by atoms with Gasteiger partial charge in [-0.3, -0.25) is 0 Å². The van der Waals surface area contributed by atoms with E-state index >= 15 is 0 Å². The van der Waals surface area contributed by atoms with Gasteiger partial charge in [-0.15, -0.1) is 0 Å². The molecule has 2 aliphatic rings. The summed E-state index contributed by atoms with van der Waals surface area (Å²) in [7, 11) is 0. The van der Waals surface area contributed by atoms with Gasteiger partial charge in [0.25, 0.3) is 0 Å². The van der Waals surface area contributed by atoms with Crippen LogP contribution in [0.15, 0.2) is 0 Å². The largest absolute Gasteiger partial charge is 0.377 e. The number of thiol groups is 1. The fraction of sp³-hybridized carbons (Fsp3) is 1.00. The molecule has 0 bridgehead atoms. The number of ether oxygens (including phenoxy) is 1. The third kappa shape index (κ3) is 4.16. The van der Waals surface area contributed by atoms with Crippen molar-refractivity contribution in [2.45, 2.75) is 78.2 Å². The highest BCUT2D eigenvalue weighted by Gasteiger charge is 2.36. The molecule has 3 unspecified atom stereocenters. The van der Waals surface area contributed by atoms with Crippen LogP contribution in [0.25, 0.3) is 0 Å². The van der Waals surface area contributed by atoms with Crippen molar-refractivity contribution in [3.8, 4) is 0 Å². The molecule has 0 aliphatic heterocycles. The fourth-order valence-electron chi connectivity index (χ4n) is 4.24. The van der Waals surface area contributed by atoms with E-state index in [1.807, 2.05) is 0 Å². The van der Waals surface area contributed by atoms with Crippen molar-refractivity contribution < 1.29 is 4.74 Å². The molecule has 0 heterocycles. The molecule has 2 saturated carbocycles. The summed E-state index contributed by atoms with van der Waals surface area (Å²) >= 11 is 4.65. The molecule has 0 N–H and O–H groups in total.